The number of nitriles is 1. The van der Waals surface area contributed by atoms with Gasteiger partial charge in [0, 0.05) is 23.6 Å². The maximum absolute atomic E-state index is 13.3. The van der Waals surface area contributed by atoms with Crippen LogP contribution in [0.1, 0.15) is 28.9 Å². The van der Waals surface area contributed by atoms with Gasteiger partial charge in [0.1, 0.15) is 12.2 Å². The molecule has 1 atom stereocenters. The Morgan fingerprint density at radius 1 is 1.38 bits per heavy atom. The molecular weight excluding hydrogens is 326 g/mol. The summed E-state index contributed by atoms with van der Waals surface area (Å²) in [5.74, 6) is 0.00262. The third kappa shape index (κ3) is 2.86. The number of nitrogens with zero attached hydrogens (tertiary/aromatic N) is 5. The SMILES string of the molecule is Cc1cnn(C[C@@H]2CCCN2C(=O)c2cc3ccccc3n2CC#N)c1. The molecule has 0 spiro atoms. The molecule has 1 aliphatic rings. The van der Waals surface area contributed by atoms with Gasteiger partial charge in [0.05, 0.1) is 24.9 Å². The van der Waals surface area contributed by atoms with E-state index in [1.165, 1.54) is 0 Å². The molecule has 2 aromatic heterocycles. The van der Waals surface area contributed by atoms with Gasteiger partial charge < -0.3 is 9.47 Å². The predicted molar refractivity (Wildman–Crippen MR) is 98.6 cm³/mol. The molecule has 0 unspecified atom stereocenters. The number of hydrogen-bond acceptors (Lipinski definition) is 3. The number of hydrogen-bond donors (Lipinski definition) is 0. The Balaban J connectivity index is 1.65. The monoisotopic (exact) mass is 347 g/mol. The summed E-state index contributed by atoms with van der Waals surface area (Å²) in [5.41, 5.74) is 2.64. The molecule has 3 aromatic rings. The van der Waals surface area contributed by atoms with Crippen LogP contribution in [0.2, 0.25) is 0 Å². The van der Waals surface area contributed by atoms with E-state index >= 15 is 0 Å². The number of benzene rings is 1. The van der Waals surface area contributed by atoms with E-state index in [2.05, 4.69) is 11.2 Å². The third-order valence-corrected chi connectivity index (χ3v) is 5.06. The van der Waals surface area contributed by atoms with E-state index in [1.807, 2.05) is 63.8 Å². The van der Waals surface area contributed by atoms with Crippen molar-refractivity contribution in [3.05, 3.63) is 54.0 Å². The zero-order chi connectivity index (χ0) is 18.1. The maximum atomic E-state index is 13.3. The zero-order valence-corrected chi connectivity index (χ0v) is 14.8. The Morgan fingerprint density at radius 2 is 2.23 bits per heavy atom. The molecule has 0 radical (unpaired) electrons. The molecule has 6 nitrogen and oxygen atoms in total. The van der Waals surface area contributed by atoms with Gasteiger partial charge in [-0.25, -0.2) is 0 Å². The van der Waals surface area contributed by atoms with Crippen LogP contribution in [0.5, 0.6) is 0 Å². The minimum absolute atomic E-state index is 0.00262. The van der Waals surface area contributed by atoms with Gasteiger partial charge in [-0.15, -0.1) is 0 Å². The maximum Gasteiger partial charge on any atom is 0.270 e. The van der Waals surface area contributed by atoms with E-state index in [0.717, 1.165) is 35.9 Å². The van der Waals surface area contributed by atoms with Crippen molar-refractivity contribution < 1.29 is 4.79 Å². The van der Waals surface area contributed by atoms with Crippen molar-refractivity contribution in [3.63, 3.8) is 0 Å². The van der Waals surface area contributed by atoms with Crippen molar-refractivity contribution in [1.82, 2.24) is 19.2 Å². The summed E-state index contributed by atoms with van der Waals surface area (Å²) in [4.78, 5) is 15.2. The third-order valence-electron chi connectivity index (χ3n) is 5.06. The van der Waals surface area contributed by atoms with Crippen LogP contribution >= 0.6 is 0 Å². The molecule has 1 amide bonds. The van der Waals surface area contributed by atoms with Crippen molar-refractivity contribution >= 4 is 16.8 Å². The molecular formula is C20H21N5O. The summed E-state index contributed by atoms with van der Waals surface area (Å²) in [6, 6.07) is 12.0. The second-order valence-electron chi connectivity index (χ2n) is 6.87. The Labute approximate surface area is 152 Å². The lowest BCUT2D eigenvalue weighted by molar-refractivity contribution is 0.0712. The fraction of sp³-hybridized carbons (Fsp3) is 0.350. The molecule has 0 aliphatic carbocycles. The van der Waals surface area contributed by atoms with Crippen molar-refractivity contribution in [3.8, 4) is 6.07 Å². The highest BCUT2D eigenvalue weighted by molar-refractivity contribution is 5.99. The zero-order valence-electron chi connectivity index (χ0n) is 14.8. The van der Waals surface area contributed by atoms with Gasteiger partial charge >= 0.3 is 0 Å². The van der Waals surface area contributed by atoms with Crippen LogP contribution in [0.4, 0.5) is 0 Å². The van der Waals surface area contributed by atoms with Gasteiger partial charge in [0.2, 0.25) is 0 Å². The summed E-state index contributed by atoms with van der Waals surface area (Å²) in [6.45, 7) is 3.64. The number of carbonyl (C=O) groups is 1. The quantitative estimate of drug-likeness (QED) is 0.729. The molecule has 3 heterocycles. The number of aromatic nitrogens is 3. The van der Waals surface area contributed by atoms with E-state index < -0.39 is 0 Å². The first-order valence-electron chi connectivity index (χ1n) is 8.92. The highest BCUT2D eigenvalue weighted by Gasteiger charge is 2.31. The highest BCUT2D eigenvalue weighted by atomic mass is 16.2. The number of para-hydroxylation sites is 1. The Morgan fingerprint density at radius 3 is 3.00 bits per heavy atom. The van der Waals surface area contributed by atoms with Crippen molar-refractivity contribution in [2.45, 2.75) is 38.9 Å². The first-order chi connectivity index (χ1) is 12.7. The van der Waals surface area contributed by atoms with Crippen molar-refractivity contribution in [2.24, 2.45) is 0 Å². The highest BCUT2D eigenvalue weighted by Crippen LogP contribution is 2.25. The second-order valence-corrected chi connectivity index (χ2v) is 6.87. The molecule has 6 heteroatoms. The number of carbonyl (C=O) groups excluding carboxylic acids is 1. The number of likely N-dealkylation sites (tertiary alicyclic amines) is 1. The minimum atomic E-state index is 0.00262. The molecule has 0 bridgehead atoms. The van der Waals surface area contributed by atoms with E-state index in [4.69, 9.17) is 0 Å². The molecule has 1 fully saturated rings. The molecule has 26 heavy (non-hydrogen) atoms. The summed E-state index contributed by atoms with van der Waals surface area (Å²) in [7, 11) is 0. The molecule has 0 N–H and O–H groups in total. The van der Waals surface area contributed by atoms with Gasteiger partial charge in [-0.1, -0.05) is 18.2 Å². The fourth-order valence-electron chi connectivity index (χ4n) is 3.85. The van der Waals surface area contributed by atoms with E-state index in [9.17, 15) is 10.1 Å². The van der Waals surface area contributed by atoms with Crippen LogP contribution in [-0.4, -0.2) is 37.7 Å². The lowest BCUT2D eigenvalue weighted by Gasteiger charge is -2.25. The average Bonchev–Trinajstić information content (AvgIpc) is 3.35. The smallest absolute Gasteiger partial charge is 0.270 e. The van der Waals surface area contributed by atoms with Crippen molar-refractivity contribution in [2.75, 3.05) is 6.54 Å². The Bertz CT molecular complexity index is 993. The summed E-state index contributed by atoms with van der Waals surface area (Å²) in [6.07, 6.45) is 5.82. The van der Waals surface area contributed by atoms with Gasteiger partial charge in [0.15, 0.2) is 0 Å². The Hall–Kier alpha value is -3.07. The van der Waals surface area contributed by atoms with E-state index in [1.54, 1.807) is 0 Å². The molecule has 4 rings (SSSR count). The molecule has 1 aromatic carbocycles. The Kier molecular flexibility index (Phi) is 4.21. The summed E-state index contributed by atoms with van der Waals surface area (Å²) >= 11 is 0. The predicted octanol–water partition coefficient (Wildman–Crippen LogP) is 2.97. The number of amides is 1. The van der Waals surface area contributed by atoms with E-state index in [0.29, 0.717) is 12.2 Å². The van der Waals surface area contributed by atoms with Crippen LogP contribution in [0, 0.1) is 18.3 Å². The van der Waals surface area contributed by atoms with Crippen LogP contribution in [0.3, 0.4) is 0 Å². The second kappa shape index (κ2) is 6.68. The lowest BCUT2D eigenvalue weighted by Crippen LogP contribution is -2.39. The summed E-state index contributed by atoms with van der Waals surface area (Å²) < 4.78 is 3.74. The molecule has 1 saturated heterocycles. The fourth-order valence-corrected chi connectivity index (χ4v) is 3.85. The number of aryl methyl sites for hydroxylation is 1. The van der Waals surface area contributed by atoms with Gasteiger partial charge in [-0.2, -0.15) is 10.4 Å². The van der Waals surface area contributed by atoms with Crippen molar-refractivity contribution in [1.29, 1.82) is 5.26 Å². The van der Waals surface area contributed by atoms with Gasteiger partial charge in [-0.3, -0.25) is 9.48 Å². The van der Waals surface area contributed by atoms with Gasteiger partial charge in [0.25, 0.3) is 5.91 Å². The lowest BCUT2D eigenvalue weighted by atomic mass is 10.2. The summed E-state index contributed by atoms with van der Waals surface area (Å²) in [5, 5.41) is 14.6. The topological polar surface area (TPSA) is 66.8 Å². The molecule has 132 valence electrons. The van der Waals surface area contributed by atoms with Crippen LogP contribution in [0.15, 0.2) is 42.7 Å². The minimum Gasteiger partial charge on any atom is -0.333 e. The molecule has 1 aliphatic heterocycles. The van der Waals surface area contributed by atoms with Gasteiger partial charge in [-0.05, 0) is 37.5 Å². The van der Waals surface area contributed by atoms with E-state index in [-0.39, 0.29) is 18.5 Å². The largest absolute Gasteiger partial charge is 0.333 e. The first kappa shape index (κ1) is 16.4. The number of fused-ring (bicyclic) bond motifs is 1. The normalized spacial score (nSPS) is 16.9. The van der Waals surface area contributed by atoms with Crippen LogP contribution in [0.25, 0.3) is 10.9 Å². The standard InChI is InChI=1S/C20H21N5O/c1-15-12-22-23(13-15)14-17-6-4-9-24(17)20(26)19-11-16-5-2-3-7-18(16)25(19)10-8-21/h2-3,5,7,11-13,17H,4,6,9-10,14H2,1H3/t17-/m0/s1. The molecule has 0 saturated carbocycles. The number of rotatable bonds is 4. The first-order valence-corrected chi connectivity index (χ1v) is 8.92. The van der Waals surface area contributed by atoms with Crippen LogP contribution in [-0.2, 0) is 13.1 Å². The van der Waals surface area contributed by atoms with Crippen LogP contribution < -0.4 is 0 Å². The average molecular weight is 347 g/mol.